The van der Waals surface area contributed by atoms with Crippen LogP contribution in [0.3, 0.4) is 0 Å². The summed E-state index contributed by atoms with van der Waals surface area (Å²) in [4.78, 5) is 10.2. The standard InChI is InChI=1S/C22H39O3P.C10H21OP/c1-8-9-10-11-12-13-16-24-26(23)25-20-15-14-18(21(2,3)4)17-19(20)22(5,6)7;1-4-7-8-10(5-2,6-3)9-12-11/h14-15,17,23H,8-13,16H2,1-7H3;4-9H2,1-3H3/p+1. The first-order chi connectivity index (χ1) is 17.8. The Kier molecular flexibility index (Phi) is 19.3. The van der Waals surface area contributed by atoms with Crippen molar-refractivity contribution in [2.45, 2.75) is 151 Å². The zero-order valence-electron chi connectivity index (χ0n) is 26.5. The average molecular weight is 572 g/mol. The molecule has 2 atom stereocenters. The maximum atomic E-state index is 10.7. The van der Waals surface area contributed by atoms with Crippen LogP contribution in [-0.2, 0) is 19.9 Å². The lowest BCUT2D eigenvalue weighted by Gasteiger charge is -2.27. The summed E-state index contributed by atoms with van der Waals surface area (Å²) in [5.74, 6) is 0.724. The maximum absolute atomic E-state index is 10.7. The van der Waals surface area contributed by atoms with E-state index in [0.717, 1.165) is 30.3 Å². The average Bonchev–Trinajstić information content (AvgIpc) is 2.85. The van der Waals surface area contributed by atoms with Crippen LogP contribution in [0, 0.1) is 5.41 Å². The summed E-state index contributed by atoms with van der Waals surface area (Å²) in [7, 11) is -2.00. The molecule has 4 nitrogen and oxygen atoms in total. The van der Waals surface area contributed by atoms with Gasteiger partial charge in [0, 0.05) is 11.0 Å². The third-order valence-electron chi connectivity index (χ3n) is 7.54. The van der Waals surface area contributed by atoms with E-state index in [9.17, 15) is 9.46 Å². The zero-order valence-corrected chi connectivity index (χ0v) is 28.4. The molecule has 0 radical (unpaired) electrons. The molecule has 1 aromatic rings. The van der Waals surface area contributed by atoms with Gasteiger partial charge in [-0.25, -0.2) is 0 Å². The number of unbranched alkanes of at least 4 members (excludes halogenated alkanes) is 6. The van der Waals surface area contributed by atoms with Gasteiger partial charge in [0.15, 0.2) is 0 Å². The summed E-state index contributed by atoms with van der Waals surface area (Å²) >= 11 is 0. The lowest BCUT2D eigenvalue weighted by molar-refractivity contribution is 0.252. The van der Waals surface area contributed by atoms with Crippen molar-refractivity contribution in [3.05, 3.63) is 29.3 Å². The van der Waals surface area contributed by atoms with Crippen LogP contribution < -0.4 is 4.52 Å². The van der Waals surface area contributed by atoms with E-state index in [1.54, 1.807) is 0 Å². The van der Waals surface area contributed by atoms with Gasteiger partial charge in [0.05, 0.1) is 6.61 Å². The molecule has 0 saturated heterocycles. The Morgan fingerprint density at radius 1 is 0.816 bits per heavy atom. The smallest absolute Gasteiger partial charge is 0.394 e. The molecule has 0 aromatic heterocycles. The molecule has 2 unspecified atom stereocenters. The van der Waals surface area contributed by atoms with Gasteiger partial charge in [0.2, 0.25) is 0 Å². The third-order valence-corrected chi connectivity index (χ3v) is 9.19. The van der Waals surface area contributed by atoms with Crippen LogP contribution in [0.1, 0.15) is 151 Å². The van der Waals surface area contributed by atoms with E-state index < -0.39 is 8.60 Å². The minimum atomic E-state index is -1.89. The summed E-state index contributed by atoms with van der Waals surface area (Å²) < 4.78 is 22.0. The lowest BCUT2D eigenvalue weighted by Crippen LogP contribution is -2.20. The number of benzene rings is 1. The molecule has 0 fully saturated rings. The first-order valence-corrected chi connectivity index (χ1v) is 17.3. The lowest BCUT2D eigenvalue weighted by atomic mass is 9.80. The van der Waals surface area contributed by atoms with Crippen LogP contribution in [0.2, 0.25) is 0 Å². The van der Waals surface area contributed by atoms with Gasteiger partial charge in [-0.15, -0.1) is 0 Å². The van der Waals surface area contributed by atoms with Gasteiger partial charge >= 0.3 is 17.1 Å². The van der Waals surface area contributed by atoms with Gasteiger partial charge in [-0.2, -0.15) is 0 Å². The van der Waals surface area contributed by atoms with Crippen molar-refractivity contribution in [1.29, 1.82) is 0 Å². The van der Waals surface area contributed by atoms with Crippen LogP contribution in [-0.4, -0.2) is 17.7 Å². The van der Waals surface area contributed by atoms with Crippen LogP contribution in [0.15, 0.2) is 18.2 Å². The fraction of sp³-hybridized carbons (Fsp3) is 0.812. The van der Waals surface area contributed by atoms with Gasteiger partial charge < -0.3 is 13.9 Å². The summed E-state index contributed by atoms with van der Waals surface area (Å²) in [6, 6.07) is 6.26. The second-order valence-electron chi connectivity index (χ2n) is 12.8. The minimum Gasteiger partial charge on any atom is -0.427 e. The van der Waals surface area contributed by atoms with Gasteiger partial charge in [-0.3, -0.25) is 0 Å². The van der Waals surface area contributed by atoms with Crippen LogP contribution >= 0.6 is 17.1 Å². The van der Waals surface area contributed by atoms with Crippen molar-refractivity contribution in [3.8, 4) is 5.75 Å². The highest BCUT2D eigenvalue weighted by Crippen LogP contribution is 2.42. The predicted octanol–water partition coefficient (Wildman–Crippen LogP) is 11.3. The quantitative estimate of drug-likeness (QED) is 0.149. The molecule has 6 heteroatoms. The maximum Gasteiger partial charge on any atom is 0.394 e. The highest BCUT2D eigenvalue weighted by molar-refractivity contribution is 7.41. The van der Waals surface area contributed by atoms with Gasteiger partial charge in [-0.1, -0.05) is 131 Å². The Hall–Kier alpha value is -0.530. The van der Waals surface area contributed by atoms with Crippen molar-refractivity contribution in [3.63, 3.8) is 0 Å². The van der Waals surface area contributed by atoms with E-state index in [0.29, 0.717) is 12.0 Å². The number of rotatable bonds is 17. The largest absolute Gasteiger partial charge is 0.427 e. The molecular weight excluding hydrogens is 510 g/mol. The normalized spacial score (nSPS) is 13.2. The summed E-state index contributed by atoms with van der Waals surface area (Å²) in [5.41, 5.74) is 2.78. The molecule has 0 aliphatic heterocycles. The Morgan fingerprint density at radius 3 is 1.89 bits per heavy atom. The van der Waals surface area contributed by atoms with E-state index in [4.69, 9.17) is 9.05 Å². The van der Waals surface area contributed by atoms with Crippen LogP contribution in [0.4, 0.5) is 0 Å². The van der Waals surface area contributed by atoms with Crippen molar-refractivity contribution >= 4 is 17.1 Å². The minimum absolute atomic E-state index is 0.0634. The topological polar surface area (TPSA) is 55.8 Å². The SMILES string of the molecule is CCCCC(CC)(CC)C[PH+]=O.CCCCCCCCOP(O)Oc1ccc(C(C)(C)C)cc1C(C)(C)C. The van der Waals surface area contributed by atoms with Crippen LogP contribution in [0.5, 0.6) is 5.75 Å². The van der Waals surface area contributed by atoms with E-state index in [1.807, 2.05) is 6.07 Å². The van der Waals surface area contributed by atoms with Crippen molar-refractivity contribution in [2.24, 2.45) is 5.41 Å². The fourth-order valence-corrected chi connectivity index (χ4v) is 6.09. The molecule has 0 aliphatic carbocycles. The van der Waals surface area contributed by atoms with Crippen molar-refractivity contribution in [2.75, 3.05) is 12.8 Å². The van der Waals surface area contributed by atoms with Crippen molar-refractivity contribution in [1.82, 2.24) is 0 Å². The Balaban J connectivity index is 0.000000958. The molecule has 0 saturated carbocycles. The Bertz CT molecular complexity index is 749. The summed E-state index contributed by atoms with van der Waals surface area (Å²) in [6.07, 6.45) is 14.3. The molecule has 1 rings (SSSR count). The molecule has 38 heavy (non-hydrogen) atoms. The first kappa shape index (κ1) is 37.5. The van der Waals surface area contributed by atoms with E-state index >= 15 is 0 Å². The highest BCUT2D eigenvalue weighted by atomic mass is 31.2. The Labute approximate surface area is 239 Å². The molecule has 1 aromatic carbocycles. The molecule has 0 aliphatic rings. The zero-order chi connectivity index (χ0) is 29.2. The predicted molar refractivity (Wildman–Crippen MR) is 169 cm³/mol. The van der Waals surface area contributed by atoms with E-state index in [-0.39, 0.29) is 19.3 Å². The van der Waals surface area contributed by atoms with Gasteiger partial charge in [-0.05, 0) is 48.1 Å². The molecule has 0 spiro atoms. The second-order valence-corrected chi connectivity index (χ2v) is 14.3. The molecule has 0 bridgehead atoms. The summed E-state index contributed by atoms with van der Waals surface area (Å²) in [5, 5.41) is 0. The molecule has 0 amide bonds. The van der Waals surface area contributed by atoms with E-state index in [1.165, 1.54) is 63.4 Å². The second kappa shape index (κ2) is 19.5. The molecule has 222 valence electrons. The fourth-order valence-electron chi connectivity index (χ4n) is 4.44. The summed E-state index contributed by atoms with van der Waals surface area (Å²) in [6.45, 7) is 22.6. The van der Waals surface area contributed by atoms with E-state index in [2.05, 4.69) is 81.4 Å². The highest BCUT2D eigenvalue weighted by Gasteiger charge is 2.29. The van der Waals surface area contributed by atoms with Crippen LogP contribution in [0.25, 0.3) is 0 Å². The third kappa shape index (κ3) is 15.3. The van der Waals surface area contributed by atoms with Gasteiger partial charge in [0.25, 0.3) is 0 Å². The Morgan fingerprint density at radius 2 is 1.39 bits per heavy atom. The number of hydrogen-bond acceptors (Lipinski definition) is 4. The van der Waals surface area contributed by atoms with Gasteiger partial charge in [0.1, 0.15) is 11.9 Å². The molecular formula is C32H61O4P2+. The van der Waals surface area contributed by atoms with Crippen molar-refractivity contribution < 1.29 is 18.5 Å². The first-order valence-electron chi connectivity index (χ1n) is 15.1. The number of hydrogen-bond donors (Lipinski definition) is 1. The molecule has 1 N–H and O–H groups in total. The molecule has 0 heterocycles. The monoisotopic (exact) mass is 571 g/mol.